The van der Waals surface area contributed by atoms with E-state index in [4.69, 9.17) is 4.52 Å². The molecule has 1 N–H and O–H groups in total. The molecule has 1 aromatic rings. The third-order valence-electron chi connectivity index (χ3n) is 3.76. The van der Waals surface area contributed by atoms with Gasteiger partial charge in [-0.25, -0.2) is 12.7 Å². The molecule has 0 bridgehead atoms. The minimum absolute atomic E-state index is 0.0583. The fourth-order valence-electron chi connectivity index (χ4n) is 2.80. The molecule has 2 atom stereocenters. The maximum Gasteiger partial charge on any atom is 0.219 e. The van der Waals surface area contributed by atoms with Gasteiger partial charge in [0, 0.05) is 19.2 Å². The number of aryl methyl sites for hydroxylation is 1. The van der Waals surface area contributed by atoms with Crippen LogP contribution < -0.4 is 5.32 Å². The highest BCUT2D eigenvalue weighted by molar-refractivity contribution is 7.88. The number of hydrogen-bond acceptors (Lipinski definition) is 5. The van der Waals surface area contributed by atoms with Crippen LogP contribution in [0.4, 0.5) is 0 Å². The van der Waals surface area contributed by atoms with Gasteiger partial charge in [0.2, 0.25) is 10.0 Å². The van der Waals surface area contributed by atoms with Crippen LogP contribution in [0.2, 0.25) is 0 Å². The molecule has 0 aromatic carbocycles. The van der Waals surface area contributed by atoms with Crippen LogP contribution >= 0.6 is 0 Å². The van der Waals surface area contributed by atoms with Gasteiger partial charge in [-0.15, -0.1) is 0 Å². The third kappa shape index (κ3) is 2.17. The van der Waals surface area contributed by atoms with E-state index in [9.17, 15) is 8.42 Å². The average molecular weight is 271 g/mol. The van der Waals surface area contributed by atoms with E-state index in [2.05, 4.69) is 10.5 Å². The Morgan fingerprint density at radius 3 is 2.67 bits per heavy atom. The van der Waals surface area contributed by atoms with Gasteiger partial charge >= 0.3 is 0 Å². The number of nitrogens with zero attached hydrogens (tertiary/aromatic N) is 2. The third-order valence-corrected chi connectivity index (χ3v) is 5.50. The first-order chi connectivity index (χ1) is 8.54. The Morgan fingerprint density at radius 2 is 2.11 bits per heavy atom. The second-order valence-electron chi connectivity index (χ2n) is 5.18. The summed E-state index contributed by atoms with van der Waals surface area (Å²) in [5, 5.41) is 7.05. The van der Waals surface area contributed by atoms with Gasteiger partial charge in [-0.05, 0) is 31.8 Å². The lowest BCUT2D eigenvalue weighted by atomic mass is 10.0. The van der Waals surface area contributed by atoms with Crippen LogP contribution in [0, 0.1) is 18.8 Å². The zero-order chi connectivity index (χ0) is 12.8. The van der Waals surface area contributed by atoms with Gasteiger partial charge in [-0.2, -0.15) is 0 Å². The summed E-state index contributed by atoms with van der Waals surface area (Å²) in [7, 11) is -3.26. The zero-order valence-corrected chi connectivity index (χ0v) is 11.1. The van der Waals surface area contributed by atoms with Gasteiger partial charge in [0.1, 0.15) is 17.2 Å². The molecule has 0 aliphatic carbocycles. The fourth-order valence-corrected chi connectivity index (χ4v) is 4.33. The molecule has 100 valence electrons. The van der Waals surface area contributed by atoms with E-state index in [-0.39, 0.29) is 5.75 Å². The van der Waals surface area contributed by atoms with Gasteiger partial charge in [-0.1, -0.05) is 5.16 Å². The highest BCUT2D eigenvalue weighted by Crippen LogP contribution is 2.29. The maximum atomic E-state index is 12.3. The van der Waals surface area contributed by atoms with Gasteiger partial charge in [0.05, 0.1) is 0 Å². The number of hydrogen-bond donors (Lipinski definition) is 1. The molecule has 2 saturated heterocycles. The molecule has 18 heavy (non-hydrogen) atoms. The smallest absolute Gasteiger partial charge is 0.219 e. The van der Waals surface area contributed by atoms with Crippen molar-refractivity contribution in [3.63, 3.8) is 0 Å². The van der Waals surface area contributed by atoms with Crippen molar-refractivity contribution in [2.75, 3.05) is 26.2 Å². The number of aromatic nitrogens is 1. The molecule has 6 nitrogen and oxygen atoms in total. The van der Waals surface area contributed by atoms with Gasteiger partial charge in [0.15, 0.2) is 0 Å². The fraction of sp³-hybridized carbons (Fsp3) is 0.727. The lowest BCUT2D eigenvalue weighted by molar-refractivity contribution is 0.391. The van der Waals surface area contributed by atoms with Crippen molar-refractivity contribution in [3.05, 3.63) is 17.5 Å². The molecule has 3 rings (SSSR count). The lowest BCUT2D eigenvalue weighted by Crippen LogP contribution is -2.32. The Balaban J connectivity index is 1.71. The minimum atomic E-state index is -3.26. The Hall–Kier alpha value is -0.920. The molecule has 0 unspecified atom stereocenters. The Bertz CT molecular complexity index is 527. The van der Waals surface area contributed by atoms with Crippen molar-refractivity contribution in [1.82, 2.24) is 14.8 Å². The quantitative estimate of drug-likeness (QED) is 0.835. The Kier molecular flexibility index (Phi) is 2.91. The number of sulfonamides is 1. The second-order valence-corrected chi connectivity index (χ2v) is 7.15. The predicted octanol–water partition coefficient (Wildman–Crippen LogP) is -0.0360. The van der Waals surface area contributed by atoms with E-state index in [1.165, 1.54) is 0 Å². The van der Waals surface area contributed by atoms with Crippen LogP contribution in [0.5, 0.6) is 0 Å². The predicted molar refractivity (Wildman–Crippen MR) is 65.3 cm³/mol. The van der Waals surface area contributed by atoms with Crippen LogP contribution in [-0.2, 0) is 15.8 Å². The Morgan fingerprint density at radius 1 is 1.44 bits per heavy atom. The summed E-state index contributed by atoms with van der Waals surface area (Å²) in [6, 6.07) is 1.68. The molecule has 0 radical (unpaired) electrons. The number of nitrogens with one attached hydrogen (secondary N) is 1. The largest absolute Gasteiger partial charge is 0.361 e. The number of fused-ring (bicyclic) bond motifs is 1. The van der Waals surface area contributed by atoms with Crippen LogP contribution in [0.15, 0.2) is 10.6 Å². The molecule has 2 aliphatic rings. The van der Waals surface area contributed by atoms with Crippen molar-refractivity contribution in [2.45, 2.75) is 12.7 Å². The van der Waals surface area contributed by atoms with Crippen LogP contribution in [0.25, 0.3) is 0 Å². The first-order valence-electron chi connectivity index (χ1n) is 6.15. The van der Waals surface area contributed by atoms with Gasteiger partial charge in [0.25, 0.3) is 0 Å². The summed E-state index contributed by atoms with van der Waals surface area (Å²) in [6.45, 7) is 4.89. The van der Waals surface area contributed by atoms with E-state index in [0.29, 0.717) is 36.4 Å². The van der Waals surface area contributed by atoms with Crippen LogP contribution in [0.3, 0.4) is 0 Å². The van der Waals surface area contributed by atoms with Crippen molar-refractivity contribution in [2.24, 2.45) is 11.8 Å². The summed E-state index contributed by atoms with van der Waals surface area (Å²) in [6.07, 6.45) is 0. The van der Waals surface area contributed by atoms with E-state index >= 15 is 0 Å². The molecule has 7 heteroatoms. The molecule has 2 aliphatic heterocycles. The Labute approximate surface area is 106 Å². The first-order valence-corrected chi connectivity index (χ1v) is 7.76. The topological polar surface area (TPSA) is 75.4 Å². The van der Waals surface area contributed by atoms with E-state index in [1.54, 1.807) is 17.3 Å². The maximum absolute atomic E-state index is 12.3. The van der Waals surface area contributed by atoms with Crippen molar-refractivity contribution in [3.8, 4) is 0 Å². The molecular formula is C11H17N3O3S. The second kappa shape index (κ2) is 4.32. The summed E-state index contributed by atoms with van der Waals surface area (Å²) < 4.78 is 31.0. The molecule has 3 heterocycles. The molecule has 0 saturated carbocycles. The van der Waals surface area contributed by atoms with Crippen LogP contribution in [0.1, 0.15) is 11.5 Å². The first kappa shape index (κ1) is 12.1. The van der Waals surface area contributed by atoms with E-state index in [1.807, 2.05) is 0 Å². The summed E-state index contributed by atoms with van der Waals surface area (Å²) in [5.41, 5.74) is 0.489. The molecule has 1 aromatic heterocycles. The minimum Gasteiger partial charge on any atom is -0.361 e. The molecular weight excluding hydrogens is 254 g/mol. The van der Waals surface area contributed by atoms with Gasteiger partial charge < -0.3 is 9.84 Å². The zero-order valence-electron chi connectivity index (χ0n) is 10.3. The van der Waals surface area contributed by atoms with E-state index < -0.39 is 10.0 Å². The highest BCUT2D eigenvalue weighted by Gasteiger charge is 2.41. The summed E-state index contributed by atoms with van der Waals surface area (Å²) in [5.74, 6) is 1.53. The standard InChI is InChI=1S/C11H17N3O3S/c1-8-2-11(13-17-8)7-18(15,16)14-5-9-3-12-4-10(9)6-14/h2,9-10,12H,3-7H2,1H3/t9-,10+. The lowest BCUT2D eigenvalue weighted by Gasteiger charge is -2.16. The average Bonchev–Trinajstić information content (AvgIpc) is 2.91. The molecule has 0 amide bonds. The highest BCUT2D eigenvalue weighted by atomic mass is 32.2. The van der Waals surface area contributed by atoms with E-state index in [0.717, 1.165) is 13.1 Å². The van der Waals surface area contributed by atoms with Crippen molar-refractivity contribution in [1.29, 1.82) is 0 Å². The van der Waals surface area contributed by atoms with Crippen molar-refractivity contribution >= 4 is 10.0 Å². The number of rotatable bonds is 3. The monoisotopic (exact) mass is 271 g/mol. The SMILES string of the molecule is Cc1cc(CS(=O)(=O)N2C[C@H]3CNC[C@H]3C2)no1. The summed E-state index contributed by atoms with van der Waals surface area (Å²) >= 11 is 0. The molecule has 2 fully saturated rings. The van der Waals surface area contributed by atoms with Crippen molar-refractivity contribution < 1.29 is 12.9 Å². The normalized spacial score (nSPS) is 28.7. The van der Waals surface area contributed by atoms with Crippen LogP contribution in [-0.4, -0.2) is 44.1 Å². The summed E-state index contributed by atoms with van der Waals surface area (Å²) in [4.78, 5) is 0. The molecule has 0 spiro atoms. The van der Waals surface area contributed by atoms with Gasteiger partial charge in [-0.3, -0.25) is 0 Å².